The molecule has 1 aromatic rings. The van der Waals surface area contributed by atoms with E-state index in [0.29, 0.717) is 13.1 Å². The molecule has 0 radical (unpaired) electrons. The van der Waals surface area contributed by atoms with E-state index < -0.39 is 0 Å². The van der Waals surface area contributed by atoms with E-state index in [2.05, 4.69) is 5.32 Å². The fourth-order valence-electron chi connectivity index (χ4n) is 2.72. The van der Waals surface area contributed by atoms with Gasteiger partial charge in [0, 0.05) is 24.5 Å². The van der Waals surface area contributed by atoms with Gasteiger partial charge < -0.3 is 15.0 Å². The normalized spacial score (nSPS) is 15.8. The second-order valence-electron chi connectivity index (χ2n) is 7.91. The number of likely N-dealkylation sites (tertiary alicyclic amines) is 1. The number of rotatable bonds is 4. The van der Waals surface area contributed by atoms with Crippen molar-refractivity contribution in [1.29, 1.82) is 0 Å². The quantitative estimate of drug-likeness (QED) is 0.912. The van der Waals surface area contributed by atoms with Gasteiger partial charge in [0.15, 0.2) is 6.61 Å². The Balaban J connectivity index is 1.77. The zero-order valence-corrected chi connectivity index (χ0v) is 16.0. The Bertz CT molecular complexity index is 626. The van der Waals surface area contributed by atoms with Crippen LogP contribution in [-0.2, 0) is 9.59 Å². The lowest BCUT2D eigenvalue weighted by molar-refractivity contribution is -0.134. The Labute approximate surface area is 150 Å². The number of nitrogens with zero attached hydrogens (tertiary/aromatic N) is 1. The highest BCUT2D eigenvalue weighted by atomic mass is 16.5. The van der Waals surface area contributed by atoms with Gasteiger partial charge in [0.2, 0.25) is 5.91 Å². The lowest BCUT2D eigenvalue weighted by Gasteiger charge is -2.33. The molecule has 5 nitrogen and oxygen atoms in total. The van der Waals surface area contributed by atoms with E-state index in [-0.39, 0.29) is 29.9 Å². The first kappa shape index (κ1) is 19.3. The van der Waals surface area contributed by atoms with Gasteiger partial charge in [0.25, 0.3) is 5.91 Å². The van der Waals surface area contributed by atoms with Crippen LogP contribution >= 0.6 is 0 Å². The highest BCUT2D eigenvalue weighted by molar-refractivity contribution is 5.81. The van der Waals surface area contributed by atoms with Crippen molar-refractivity contribution in [3.8, 4) is 5.75 Å². The molecule has 0 atom stereocenters. The molecule has 0 saturated carbocycles. The zero-order valence-electron chi connectivity index (χ0n) is 16.0. The number of hydrogen-bond donors (Lipinski definition) is 1. The highest BCUT2D eigenvalue weighted by Crippen LogP contribution is 2.18. The predicted molar refractivity (Wildman–Crippen MR) is 98.6 cm³/mol. The molecule has 1 aliphatic heterocycles. The molecule has 1 fully saturated rings. The molecule has 0 aliphatic carbocycles. The molecular weight excluding hydrogens is 316 g/mol. The summed E-state index contributed by atoms with van der Waals surface area (Å²) in [4.78, 5) is 26.2. The Morgan fingerprint density at radius 1 is 1.16 bits per heavy atom. The summed E-state index contributed by atoms with van der Waals surface area (Å²) in [5.41, 5.74) is 1.98. The van der Waals surface area contributed by atoms with Gasteiger partial charge in [-0.2, -0.15) is 0 Å². The van der Waals surface area contributed by atoms with Crippen LogP contribution < -0.4 is 10.1 Å². The molecule has 0 spiro atoms. The molecule has 5 heteroatoms. The first-order valence-electron chi connectivity index (χ1n) is 8.95. The van der Waals surface area contributed by atoms with Crippen LogP contribution in [0.25, 0.3) is 0 Å². The SMILES string of the molecule is Cc1ccc(OCC(=O)N2CCC(NC(=O)C(C)(C)C)CC2)cc1C. The Morgan fingerprint density at radius 3 is 2.36 bits per heavy atom. The third kappa shape index (κ3) is 5.48. The Hall–Kier alpha value is -2.04. The minimum Gasteiger partial charge on any atom is -0.484 e. The summed E-state index contributed by atoms with van der Waals surface area (Å²) < 4.78 is 5.63. The van der Waals surface area contributed by atoms with Gasteiger partial charge in [-0.3, -0.25) is 9.59 Å². The van der Waals surface area contributed by atoms with Gasteiger partial charge in [-0.15, -0.1) is 0 Å². The van der Waals surface area contributed by atoms with E-state index in [4.69, 9.17) is 4.74 Å². The molecule has 2 rings (SSSR count). The molecule has 138 valence electrons. The number of carbonyl (C=O) groups excluding carboxylic acids is 2. The van der Waals surface area contributed by atoms with Gasteiger partial charge in [-0.25, -0.2) is 0 Å². The summed E-state index contributed by atoms with van der Waals surface area (Å²) >= 11 is 0. The number of piperidine rings is 1. The number of aryl methyl sites for hydroxylation is 2. The van der Waals surface area contributed by atoms with Gasteiger partial charge in [-0.05, 0) is 49.9 Å². The summed E-state index contributed by atoms with van der Waals surface area (Å²) in [6, 6.07) is 6.00. The van der Waals surface area contributed by atoms with Crippen LogP contribution in [0.4, 0.5) is 0 Å². The minimum absolute atomic E-state index is 0.00109. The molecule has 1 N–H and O–H groups in total. The van der Waals surface area contributed by atoms with Crippen LogP contribution in [0.5, 0.6) is 5.75 Å². The van der Waals surface area contributed by atoms with Crippen molar-refractivity contribution < 1.29 is 14.3 Å². The third-order valence-electron chi connectivity index (χ3n) is 4.70. The maximum absolute atomic E-state index is 12.3. The van der Waals surface area contributed by atoms with Crippen molar-refractivity contribution in [3.63, 3.8) is 0 Å². The average Bonchev–Trinajstić information content (AvgIpc) is 2.55. The van der Waals surface area contributed by atoms with E-state index in [0.717, 1.165) is 24.2 Å². The van der Waals surface area contributed by atoms with Gasteiger partial charge in [0.05, 0.1) is 0 Å². The maximum Gasteiger partial charge on any atom is 0.260 e. The van der Waals surface area contributed by atoms with E-state index in [1.165, 1.54) is 5.56 Å². The monoisotopic (exact) mass is 346 g/mol. The molecule has 1 heterocycles. The third-order valence-corrected chi connectivity index (χ3v) is 4.70. The smallest absolute Gasteiger partial charge is 0.260 e. The van der Waals surface area contributed by atoms with Crippen LogP contribution in [0.1, 0.15) is 44.7 Å². The molecule has 1 aliphatic rings. The number of nitrogens with one attached hydrogen (secondary N) is 1. The van der Waals surface area contributed by atoms with Gasteiger partial charge in [0.1, 0.15) is 5.75 Å². The molecule has 1 aromatic carbocycles. The van der Waals surface area contributed by atoms with Crippen molar-refractivity contribution in [2.45, 2.75) is 53.5 Å². The van der Waals surface area contributed by atoms with Crippen molar-refractivity contribution in [2.24, 2.45) is 5.41 Å². The van der Waals surface area contributed by atoms with E-state index in [9.17, 15) is 9.59 Å². The van der Waals surface area contributed by atoms with Crippen LogP contribution in [0.3, 0.4) is 0 Å². The lowest BCUT2D eigenvalue weighted by Crippen LogP contribution is -2.49. The van der Waals surface area contributed by atoms with Gasteiger partial charge in [-0.1, -0.05) is 26.8 Å². The number of amides is 2. The summed E-state index contributed by atoms with van der Waals surface area (Å²) in [7, 11) is 0. The molecule has 0 aromatic heterocycles. The number of benzene rings is 1. The highest BCUT2D eigenvalue weighted by Gasteiger charge is 2.28. The summed E-state index contributed by atoms with van der Waals surface area (Å²) in [5, 5.41) is 3.08. The summed E-state index contributed by atoms with van der Waals surface area (Å²) in [6.45, 7) is 11.2. The van der Waals surface area contributed by atoms with Crippen LogP contribution in [0.15, 0.2) is 18.2 Å². The summed E-state index contributed by atoms with van der Waals surface area (Å²) in [6.07, 6.45) is 1.58. The van der Waals surface area contributed by atoms with Crippen molar-refractivity contribution in [2.75, 3.05) is 19.7 Å². The number of hydrogen-bond acceptors (Lipinski definition) is 3. The van der Waals surface area contributed by atoms with Crippen molar-refractivity contribution >= 4 is 11.8 Å². The average molecular weight is 346 g/mol. The van der Waals surface area contributed by atoms with Crippen molar-refractivity contribution in [1.82, 2.24) is 10.2 Å². The molecule has 2 amide bonds. The standard InChI is InChI=1S/C20H30N2O3/c1-14-6-7-17(12-15(14)2)25-13-18(23)22-10-8-16(9-11-22)21-19(24)20(3,4)5/h6-7,12,16H,8-11,13H2,1-5H3,(H,21,24). The molecule has 0 bridgehead atoms. The largest absolute Gasteiger partial charge is 0.484 e. The van der Waals surface area contributed by atoms with Crippen LogP contribution in [0.2, 0.25) is 0 Å². The predicted octanol–water partition coefficient (Wildman–Crippen LogP) is 2.84. The maximum atomic E-state index is 12.3. The molecule has 25 heavy (non-hydrogen) atoms. The molecule has 1 saturated heterocycles. The van der Waals surface area contributed by atoms with E-state index in [1.807, 2.05) is 57.7 Å². The molecule has 0 unspecified atom stereocenters. The number of ether oxygens (including phenoxy) is 1. The Morgan fingerprint density at radius 2 is 1.80 bits per heavy atom. The first-order valence-corrected chi connectivity index (χ1v) is 8.95. The lowest BCUT2D eigenvalue weighted by atomic mass is 9.94. The fraction of sp³-hybridized carbons (Fsp3) is 0.600. The Kier molecular flexibility index (Phi) is 6.09. The minimum atomic E-state index is -0.382. The van der Waals surface area contributed by atoms with Crippen LogP contribution in [-0.4, -0.2) is 42.5 Å². The fourth-order valence-corrected chi connectivity index (χ4v) is 2.72. The molecular formula is C20H30N2O3. The van der Waals surface area contributed by atoms with Crippen LogP contribution in [0, 0.1) is 19.3 Å². The van der Waals surface area contributed by atoms with Gasteiger partial charge >= 0.3 is 0 Å². The first-order chi connectivity index (χ1) is 11.7. The van der Waals surface area contributed by atoms with E-state index in [1.54, 1.807) is 0 Å². The zero-order chi connectivity index (χ0) is 18.6. The number of carbonyl (C=O) groups is 2. The van der Waals surface area contributed by atoms with E-state index >= 15 is 0 Å². The summed E-state index contributed by atoms with van der Waals surface area (Å²) in [5.74, 6) is 0.790. The van der Waals surface area contributed by atoms with Crippen molar-refractivity contribution in [3.05, 3.63) is 29.3 Å². The second-order valence-corrected chi connectivity index (χ2v) is 7.91. The second kappa shape index (κ2) is 7.89. The topological polar surface area (TPSA) is 58.6 Å².